The highest BCUT2D eigenvalue weighted by atomic mass is 32.2. The molecule has 0 atom stereocenters. The molecule has 0 bridgehead atoms. The molecule has 150 valence electrons. The van der Waals surface area contributed by atoms with E-state index in [1.54, 1.807) is 18.3 Å². The third-order valence-electron chi connectivity index (χ3n) is 5.04. The zero-order valence-corrected chi connectivity index (χ0v) is 17.0. The number of sulfonamides is 1. The van der Waals surface area contributed by atoms with E-state index >= 15 is 0 Å². The fraction of sp³-hybridized carbons (Fsp3) is 0.400. The summed E-state index contributed by atoms with van der Waals surface area (Å²) < 4.78 is 26.8. The van der Waals surface area contributed by atoms with Crippen LogP contribution in [-0.4, -0.2) is 57.3 Å². The molecule has 1 N–H and O–H groups in total. The van der Waals surface area contributed by atoms with Crippen molar-refractivity contribution in [2.75, 3.05) is 38.6 Å². The van der Waals surface area contributed by atoms with E-state index in [1.807, 2.05) is 43.3 Å². The first-order valence-corrected chi connectivity index (χ1v) is 10.8. The van der Waals surface area contributed by atoms with Crippen LogP contribution in [0.3, 0.4) is 0 Å². The van der Waals surface area contributed by atoms with Crippen molar-refractivity contribution in [3.05, 3.63) is 54.4 Å². The number of piperidine rings is 1. The number of nitrogens with one attached hydrogen (secondary N) is 1. The zero-order chi connectivity index (χ0) is 20.1. The van der Waals surface area contributed by atoms with Crippen LogP contribution in [0.5, 0.6) is 0 Å². The van der Waals surface area contributed by atoms with E-state index < -0.39 is 10.0 Å². The average molecular weight is 403 g/mol. The third-order valence-corrected chi connectivity index (χ3v) is 6.93. The van der Waals surface area contributed by atoms with Gasteiger partial charge in [-0.15, -0.1) is 0 Å². The molecular formula is C20H26N4O3S. The number of amides is 1. The van der Waals surface area contributed by atoms with Crippen molar-refractivity contribution >= 4 is 21.6 Å². The third kappa shape index (κ3) is 4.69. The lowest BCUT2D eigenvalue weighted by Gasteiger charge is -2.31. The summed E-state index contributed by atoms with van der Waals surface area (Å²) in [5.74, 6) is 0.168. The summed E-state index contributed by atoms with van der Waals surface area (Å²) in [6.45, 7) is 1.46. The molecule has 1 aliphatic heterocycles. The molecule has 1 amide bonds. The summed E-state index contributed by atoms with van der Waals surface area (Å²) in [5.41, 5.74) is 1.67. The number of carbonyl (C=O) groups excluding carboxylic acids is 1. The molecule has 0 unspecified atom stereocenters. The Morgan fingerprint density at radius 2 is 1.86 bits per heavy atom. The van der Waals surface area contributed by atoms with Gasteiger partial charge in [0, 0.05) is 57.4 Å². The van der Waals surface area contributed by atoms with Crippen LogP contribution in [-0.2, 0) is 10.0 Å². The summed E-state index contributed by atoms with van der Waals surface area (Å²) in [7, 11) is 0.417. The van der Waals surface area contributed by atoms with Gasteiger partial charge in [0.05, 0.1) is 0 Å². The van der Waals surface area contributed by atoms with E-state index in [4.69, 9.17) is 0 Å². The minimum absolute atomic E-state index is 0.101. The monoisotopic (exact) mass is 402 g/mol. The predicted octanol–water partition coefficient (Wildman–Crippen LogP) is 1.98. The van der Waals surface area contributed by atoms with Gasteiger partial charge in [-0.3, -0.25) is 9.78 Å². The normalized spacial score (nSPS) is 15.9. The molecule has 3 rings (SSSR count). The molecule has 0 saturated carbocycles. The molecule has 2 aromatic rings. The number of pyridine rings is 1. The molecule has 2 heterocycles. The summed E-state index contributed by atoms with van der Waals surface area (Å²) >= 11 is 0. The maximum Gasteiger partial charge on any atom is 0.251 e. The van der Waals surface area contributed by atoms with Gasteiger partial charge in [-0.2, -0.15) is 4.31 Å². The maximum absolute atomic E-state index is 12.6. The number of rotatable bonds is 6. The van der Waals surface area contributed by atoms with Gasteiger partial charge in [-0.05, 0) is 55.2 Å². The molecule has 0 aliphatic carbocycles. The highest BCUT2D eigenvalue weighted by Crippen LogP contribution is 2.23. The quantitative estimate of drug-likeness (QED) is 0.799. The van der Waals surface area contributed by atoms with E-state index in [9.17, 15) is 13.2 Å². The molecule has 0 spiro atoms. The molecule has 1 aliphatic rings. The summed E-state index contributed by atoms with van der Waals surface area (Å²) in [5, 5.41) is 2.97. The molecule has 28 heavy (non-hydrogen) atoms. The average Bonchev–Trinajstić information content (AvgIpc) is 2.73. The van der Waals surface area contributed by atoms with Crippen LogP contribution in [0.4, 0.5) is 5.69 Å². The smallest absolute Gasteiger partial charge is 0.251 e. The van der Waals surface area contributed by atoms with E-state index in [0.29, 0.717) is 25.2 Å². The number of anilines is 1. The SMILES string of the molecule is CN(C)c1ccc(C(=O)NCC2CCN(S(=O)(=O)c3cccnc3)CC2)cc1. The lowest BCUT2D eigenvalue weighted by atomic mass is 9.98. The van der Waals surface area contributed by atoms with Crippen molar-refractivity contribution in [1.29, 1.82) is 0 Å². The van der Waals surface area contributed by atoms with Crippen molar-refractivity contribution in [2.45, 2.75) is 17.7 Å². The Balaban J connectivity index is 1.50. The Labute approximate surface area is 166 Å². The Kier molecular flexibility index (Phi) is 6.31. The summed E-state index contributed by atoms with van der Waals surface area (Å²) in [6, 6.07) is 10.6. The summed E-state index contributed by atoms with van der Waals surface area (Å²) in [4.78, 5) is 18.4. The minimum Gasteiger partial charge on any atom is -0.378 e. The van der Waals surface area contributed by atoms with Crippen LogP contribution in [0.15, 0.2) is 53.7 Å². The Morgan fingerprint density at radius 1 is 1.18 bits per heavy atom. The van der Waals surface area contributed by atoms with E-state index in [-0.39, 0.29) is 16.7 Å². The lowest BCUT2D eigenvalue weighted by molar-refractivity contribution is 0.0941. The van der Waals surface area contributed by atoms with E-state index in [2.05, 4.69) is 10.3 Å². The standard InChI is InChI=1S/C20H26N4O3S/c1-23(2)18-7-5-17(6-8-18)20(25)22-14-16-9-12-24(13-10-16)28(26,27)19-4-3-11-21-15-19/h3-8,11,15-16H,9-10,12-14H2,1-2H3,(H,22,25). The van der Waals surface area contributed by atoms with Crippen LogP contribution in [0.1, 0.15) is 23.2 Å². The summed E-state index contributed by atoms with van der Waals surface area (Å²) in [6.07, 6.45) is 4.38. The number of carbonyl (C=O) groups is 1. The second-order valence-corrected chi connectivity index (χ2v) is 9.13. The highest BCUT2D eigenvalue weighted by Gasteiger charge is 2.29. The van der Waals surface area contributed by atoms with Gasteiger partial charge >= 0.3 is 0 Å². The van der Waals surface area contributed by atoms with Gasteiger partial charge in [-0.1, -0.05) is 0 Å². The molecule has 1 fully saturated rings. The van der Waals surface area contributed by atoms with Gasteiger partial charge in [-0.25, -0.2) is 8.42 Å². The van der Waals surface area contributed by atoms with Crippen molar-refractivity contribution in [1.82, 2.24) is 14.6 Å². The van der Waals surface area contributed by atoms with E-state index in [0.717, 1.165) is 18.5 Å². The zero-order valence-electron chi connectivity index (χ0n) is 16.2. The van der Waals surface area contributed by atoms with Crippen molar-refractivity contribution in [2.24, 2.45) is 5.92 Å². The van der Waals surface area contributed by atoms with Crippen LogP contribution >= 0.6 is 0 Å². The first-order valence-electron chi connectivity index (χ1n) is 9.33. The van der Waals surface area contributed by atoms with E-state index in [1.165, 1.54) is 10.5 Å². The Hall–Kier alpha value is -2.45. The van der Waals surface area contributed by atoms with Crippen molar-refractivity contribution in [3.8, 4) is 0 Å². The van der Waals surface area contributed by atoms with Crippen LogP contribution < -0.4 is 10.2 Å². The fourth-order valence-corrected chi connectivity index (χ4v) is 4.69. The number of hydrogen-bond acceptors (Lipinski definition) is 5. The van der Waals surface area contributed by atoms with Crippen LogP contribution in [0.25, 0.3) is 0 Å². The fourth-order valence-electron chi connectivity index (χ4n) is 3.25. The molecule has 7 nitrogen and oxygen atoms in total. The number of aromatic nitrogens is 1. The second kappa shape index (κ2) is 8.70. The minimum atomic E-state index is -3.49. The second-order valence-electron chi connectivity index (χ2n) is 7.19. The number of nitrogens with zero attached hydrogens (tertiary/aromatic N) is 3. The van der Waals surface area contributed by atoms with Crippen LogP contribution in [0.2, 0.25) is 0 Å². The van der Waals surface area contributed by atoms with Gasteiger partial charge in [0.2, 0.25) is 10.0 Å². The van der Waals surface area contributed by atoms with Gasteiger partial charge in [0.1, 0.15) is 4.90 Å². The highest BCUT2D eigenvalue weighted by molar-refractivity contribution is 7.89. The topological polar surface area (TPSA) is 82.6 Å². The van der Waals surface area contributed by atoms with Gasteiger partial charge in [0.15, 0.2) is 0 Å². The molecule has 1 aromatic carbocycles. The lowest BCUT2D eigenvalue weighted by Crippen LogP contribution is -2.41. The first kappa shape index (κ1) is 20.3. The first-order chi connectivity index (χ1) is 13.4. The molecular weight excluding hydrogens is 376 g/mol. The number of hydrogen-bond donors (Lipinski definition) is 1. The Morgan fingerprint density at radius 3 is 2.43 bits per heavy atom. The number of benzene rings is 1. The predicted molar refractivity (Wildman–Crippen MR) is 109 cm³/mol. The van der Waals surface area contributed by atoms with Crippen molar-refractivity contribution in [3.63, 3.8) is 0 Å². The molecule has 0 radical (unpaired) electrons. The maximum atomic E-state index is 12.6. The Bertz CT molecular complexity index is 891. The van der Waals surface area contributed by atoms with Gasteiger partial charge in [0.25, 0.3) is 5.91 Å². The molecule has 8 heteroatoms. The van der Waals surface area contributed by atoms with Gasteiger partial charge < -0.3 is 10.2 Å². The molecule has 1 aromatic heterocycles. The van der Waals surface area contributed by atoms with Crippen LogP contribution in [0, 0.1) is 5.92 Å². The largest absolute Gasteiger partial charge is 0.378 e. The van der Waals surface area contributed by atoms with Crippen molar-refractivity contribution < 1.29 is 13.2 Å². The molecule has 1 saturated heterocycles.